The fourth-order valence-electron chi connectivity index (χ4n) is 0.739. The van der Waals surface area contributed by atoms with Crippen molar-refractivity contribution >= 4 is 0 Å². The van der Waals surface area contributed by atoms with Gasteiger partial charge < -0.3 is 14.2 Å². The van der Waals surface area contributed by atoms with E-state index in [9.17, 15) is 0 Å². The maximum Gasteiger partial charge on any atom is 0.329 e. The summed E-state index contributed by atoms with van der Waals surface area (Å²) in [6.07, 6.45) is 4.08. The van der Waals surface area contributed by atoms with Gasteiger partial charge in [0.05, 0.1) is 12.7 Å². The first-order valence-electron chi connectivity index (χ1n) is 2.76. The molecule has 0 aliphatic carbocycles. The molecule has 0 aromatic carbocycles. The first-order chi connectivity index (χ1) is 4.33. The molecule has 0 saturated carbocycles. The normalized spacial score (nSPS) is 22.0. The number of hydrogen-bond acceptors (Lipinski definition) is 3. The van der Waals surface area contributed by atoms with Crippen LogP contribution in [0.1, 0.15) is 6.42 Å². The van der Waals surface area contributed by atoms with Crippen LogP contribution in [0.5, 0.6) is 0 Å². The molecule has 0 radical (unpaired) electrons. The lowest BCUT2D eigenvalue weighted by atomic mass is 10.4. The van der Waals surface area contributed by atoms with Crippen molar-refractivity contribution < 1.29 is 14.2 Å². The van der Waals surface area contributed by atoms with Crippen molar-refractivity contribution in [1.82, 2.24) is 0 Å². The third-order valence-corrected chi connectivity index (χ3v) is 1.33. The van der Waals surface area contributed by atoms with Gasteiger partial charge in [0.15, 0.2) is 0 Å². The van der Waals surface area contributed by atoms with E-state index in [1.165, 1.54) is 0 Å². The first kappa shape index (κ1) is 6.58. The van der Waals surface area contributed by atoms with Crippen molar-refractivity contribution in [3.05, 3.63) is 12.3 Å². The molecule has 0 atom stereocenters. The molecule has 3 heteroatoms. The van der Waals surface area contributed by atoms with E-state index in [-0.39, 0.29) is 0 Å². The van der Waals surface area contributed by atoms with E-state index in [0.29, 0.717) is 6.42 Å². The van der Waals surface area contributed by atoms with Gasteiger partial charge in [-0.15, -0.1) is 0 Å². The van der Waals surface area contributed by atoms with E-state index >= 15 is 0 Å². The molecule has 52 valence electrons. The first-order valence-corrected chi connectivity index (χ1v) is 2.76. The molecule has 0 aromatic heterocycles. The largest absolute Gasteiger partial charge is 0.447 e. The molecular formula is C6H10O3. The smallest absolute Gasteiger partial charge is 0.329 e. The molecule has 1 rings (SSSR count). The fraction of sp³-hybridized carbons (Fsp3) is 0.667. The van der Waals surface area contributed by atoms with Crippen molar-refractivity contribution in [2.24, 2.45) is 0 Å². The van der Waals surface area contributed by atoms with Crippen molar-refractivity contribution in [2.75, 3.05) is 14.2 Å². The minimum absolute atomic E-state index is 0.653. The van der Waals surface area contributed by atoms with Gasteiger partial charge in [-0.2, -0.15) is 0 Å². The number of hydrogen-bond donors (Lipinski definition) is 0. The van der Waals surface area contributed by atoms with E-state index < -0.39 is 5.97 Å². The highest BCUT2D eigenvalue weighted by molar-refractivity contribution is 4.86. The highest BCUT2D eigenvalue weighted by Gasteiger charge is 2.32. The number of ether oxygens (including phenoxy) is 3. The van der Waals surface area contributed by atoms with Crippen LogP contribution in [0.2, 0.25) is 0 Å². The van der Waals surface area contributed by atoms with Crippen LogP contribution in [0.4, 0.5) is 0 Å². The van der Waals surface area contributed by atoms with Crippen molar-refractivity contribution in [2.45, 2.75) is 12.4 Å². The van der Waals surface area contributed by atoms with E-state index in [1.54, 1.807) is 20.5 Å². The van der Waals surface area contributed by atoms with Crippen LogP contribution < -0.4 is 0 Å². The minimum Gasteiger partial charge on any atom is -0.447 e. The molecule has 0 bridgehead atoms. The zero-order valence-electron chi connectivity index (χ0n) is 5.59. The highest BCUT2D eigenvalue weighted by atomic mass is 16.9. The Balaban J connectivity index is 2.50. The maximum atomic E-state index is 5.01. The Kier molecular flexibility index (Phi) is 1.73. The Morgan fingerprint density at radius 3 is 2.33 bits per heavy atom. The molecule has 0 fully saturated rings. The number of rotatable bonds is 2. The van der Waals surface area contributed by atoms with Crippen LogP contribution in [0.15, 0.2) is 12.3 Å². The molecule has 0 saturated heterocycles. The quantitative estimate of drug-likeness (QED) is 0.519. The van der Waals surface area contributed by atoms with Crippen molar-refractivity contribution in [3.63, 3.8) is 0 Å². The lowest BCUT2D eigenvalue weighted by Crippen LogP contribution is -2.31. The monoisotopic (exact) mass is 130 g/mol. The summed E-state index contributed by atoms with van der Waals surface area (Å²) in [4.78, 5) is 0. The van der Waals surface area contributed by atoms with E-state index in [4.69, 9.17) is 14.2 Å². The van der Waals surface area contributed by atoms with Gasteiger partial charge in [0.2, 0.25) is 0 Å². The van der Waals surface area contributed by atoms with Gasteiger partial charge in [0, 0.05) is 14.2 Å². The summed E-state index contributed by atoms with van der Waals surface area (Å²) in [7, 11) is 3.10. The fourth-order valence-corrected chi connectivity index (χ4v) is 0.739. The van der Waals surface area contributed by atoms with E-state index in [0.717, 1.165) is 0 Å². The van der Waals surface area contributed by atoms with Crippen LogP contribution in [-0.4, -0.2) is 20.2 Å². The van der Waals surface area contributed by atoms with Gasteiger partial charge in [-0.1, -0.05) is 0 Å². The molecule has 0 unspecified atom stereocenters. The van der Waals surface area contributed by atoms with Crippen molar-refractivity contribution in [1.29, 1.82) is 0 Å². The van der Waals surface area contributed by atoms with Crippen LogP contribution >= 0.6 is 0 Å². The molecule has 1 aliphatic heterocycles. The summed E-state index contributed by atoms with van der Waals surface area (Å²) < 4.78 is 14.9. The van der Waals surface area contributed by atoms with Gasteiger partial charge in [-0.05, 0) is 6.08 Å². The zero-order chi connectivity index (χ0) is 6.74. The second-order valence-electron chi connectivity index (χ2n) is 1.79. The summed E-state index contributed by atoms with van der Waals surface area (Å²) in [5.41, 5.74) is 0. The maximum absolute atomic E-state index is 5.01. The van der Waals surface area contributed by atoms with Crippen molar-refractivity contribution in [3.8, 4) is 0 Å². The lowest BCUT2D eigenvalue weighted by Gasteiger charge is -2.23. The Morgan fingerprint density at radius 1 is 1.44 bits per heavy atom. The van der Waals surface area contributed by atoms with Gasteiger partial charge in [0.25, 0.3) is 0 Å². The third kappa shape index (κ3) is 1.06. The molecule has 0 spiro atoms. The second kappa shape index (κ2) is 2.37. The summed E-state index contributed by atoms with van der Waals surface area (Å²) in [5, 5.41) is 0. The molecule has 0 N–H and O–H groups in total. The molecule has 0 amide bonds. The summed E-state index contributed by atoms with van der Waals surface area (Å²) >= 11 is 0. The van der Waals surface area contributed by atoms with Gasteiger partial charge in [-0.25, -0.2) is 0 Å². The Bertz CT molecular complexity index is 105. The van der Waals surface area contributed by atoms with Gasteiger partial charge >= 0.3 is 5.97 Å². The van der Waals surface area contributed by atoms with Gasteiger partial charge in [-0.3, -0.25) is 0 Å². The highest BCUT2D eigenvalue weighted by Crippen LogP contribution is 2.23. The average molecular weight is 130 g/mol. The predicted molar refractivity (Wildman–Crippen MR) is 31.6 cm³/mol. The topological polar surface area (TPSA) is 27.7 Å². The summed E-state index contributed by atoms with van der Waals surface area (Å²) in [6, 6.07) is 0. The SMILES string of the molecule is COC1(OC)CC=CO1. The van der Waals surface area contributed by atoms with Crippen LogP contribution in [0.3, 0.4) is 0 Å². The van der Waals surface area contributed by atoms with Crippen LogP contribution in [0.25, 0.3) is 0 Å². The molecule has 9 heavy (non-hydrogen) atoms. The molecule has 1 heterocycles. The molecular weight excluding hydrogens is 120 g/mol. The second-order valence-corrected chi connectivity index (χ2v) is 1.79. The zero-order valence-corrected chi connectivity index (χ0v) is 5.59. The predicted octanol–water partition coefficient (Wildman–Crippen LogP) is 0.867. The van der Waals surface area contributed by atoms with E-state index in [2.05, 4.69) is 0 Å². The summed E-state index contributed by atoms with van der Waals surface area (Å²) in [5.74, 6) is -0.833. The van der Waals surface area contributed by atoms with Crippen LogP contribution in [0, 0.1) is 0 Å². The third-order valence-electron chi connectivity index (χ3n) is 1.33. The standard InChI is InChI=1S/C6H10O3/c1-7-6(8-2)4-3-5-9-6/h3,5H,4H2,1-2H3. The molecule has 1 aliphatic rings. The Morgan fingerprint density at radius 2 is 2.11 bits per heavy atom. The number of methoxy groups -OCH3 is 2. The molecule has 3 nitrogen and oxygen atoms in total. The van der Waals surface area contributed by atoms with Crippen LogP contribution in [-0.2, 0) is 14.2 Å². The average Bonchev–Trinajstić information content (AvgIpc) is 2.36. The Labute approximate surface area is 54.2 Å². The minimum atomic E-state index is -0.833. The van der Waals surface area contributed by atoms with E-state index in [1.807, 2.05) is 6.08 Å². The summed E-state index contributed by atoms with van der Waals surface area (Å²) in [6.45, 7) is 0. The lowest BCUT2D eigenvalue weighted by molar-refractivity contribution is -0.329. The van der Waals surface area contributed by atoms with Gasteiger partial charge in [0.1, 0.15) is 0 Å². The Hall–Kier alpha value is -0.540. The molecule has 0 aromatic rings.